The Morgan fingerprint density at radius 1 is 1.40 bits per heavy atom. The van der Waals surface area contributed by atoms with Crippen LogP contribution in [-0.4, -0.2) is 23.1 Å². The summed E-state index contributed by atoms with van der Waals surface area (Å²) >= 11 is 7.58. The van der Waals surface area contributed by atoms with Crippen molar-refractivity contribution in [2.75, 3.05) is 7.11 Å². The lowest BCUT2D eigenvalue weighted by molar-refractivity contribution is 0.318. The van der Waals surface area contributed by atoms with Crippen LogP contribution in [0, 0.1) is 0 Å². The van der Waals surface area contributed by atoms with Gasteiger partial charge in [-0.3, -0.25) is 0 Å². The van der Waals surface area contributed by atoms with Crippen molar-refractivity contribution in [2.24, 2.45) is 10.9 Å². The Balaban J connectivity index is 2.40. The second kappa shape index (κ2) is 6.49. The zero-order chi connectivity index (χ0) is 14.5. The average molecular weight is 310 g/mol. The van der Waals surface area contributed by atoms with E-state index in [2.05, 4.69) is 10.1 Å². The van der Waals surface area contributed by atoms with Crippen LogP contribution in [-0.2, 0) is 0 Å². The number of hydrogen-bond donors (Lipinski definition) is 2. The van der Waals surface area contributed by atoms with Gasteiger partial charge in [0.15, 0.2) is 5.84 Å². The fourth-order valence-corrected chi connectivity index (χ4v) is 2.80. The highest BCUT2D eigenvalue weighted by Gasteiger charge is 2.14. The van der Waals surface area contributed by atoms with E-state index in [-0.39, 0.29) is 5.84 Å². The Morgan fingerprint density at radius 3 is 2.85 bits per heavy atom. The number of halogens is 1. The second-order valence-corrected chi connectivity index (χ2v) is 5.12. The first-order valence-electron chi connectivity index (χ1n) is 5.60. The zero-order valence-corrected chi connectivity index (χ0v) is 12.1. The fraction of sp³-hybridized carbons (Fsp3) is 0.0769. The maximum Gasteiger partial charge on any atom is 0.171 e. The SMILES string of the molecule is COc1ccccc1Sc1nccc(/C(N)=N/O)c1Cl. The Bertz CT molecular complexity index is 649. The molecule has 20 heavy (non-hydrogen) atoms. The molecule has 0 aliphatic carbocycles. The number of nitrogens with two attached hydrogens (primary N) is 1. The lowest BCUT2D eigenvalue weighted by Crippen LogP contribution is -2.14. The molecule has 1 aromatic carbocycles. The predicted molar refractivity (Wildman–Crippen MR) is 78.9 cm³/mol. The fourth-order valence-electron chi connectivity index (χ4n) is 1.55. The molecule has 0 spiro atoms. The van der Waals surface area contributed by atoms with Crippen molar-refractivity contribution in [3.63, 3.8) is 0 Å². The van der Waals surface area contributed by atoms with Gasteiger partial charge in [0, 0.05) is 11.8 Å². The third kappa shape index (κ3) is 2.97. The largest absolute Gasteiger partial charge is 0.496 e. The number of nitrogens with zero attached hydrogens (tertiary/aromatic N) is 2. The van der Waals surface area contributed by atoms with Gasteiger partial charge in [-0.25, -0.2) is 4.98 Å². The minimum atomic E-state index is -0.0562. The third-order valence-electron chi connectivity index (χ3n) is 2.52. The molecule has 0 unspecified atom stereocenters. The molecular formula is C13H12ClN3O2S. The molecule has 0 saturated heterocycles. The summed E-state index contributed by atoms with van der Waals surface area (Å²) in [5.41, 5.74) is 6.00. The molecule has 7 heteroatoms. The highest BCUT2D eigenvalue weighted by atomic mass is 35.5. The van der Waals surface area contributed by atoms with Crippen molar-refractivity contribution in [3.8, 4) is 5.75 Å². The topological polar surface area (TPSA) is 80.7 Å². The van der Waals surface area contributed by atoms with E-state index in [0.717, 1.165) is 10.6 Å². The van der Waals surface area contributed by atoms with Crippen LogP contribution in [0.3, 0.4) is 0 Å². The maximum atomic E-state index is 8.73. The molecule has 1 heterocycles. The molecule has 0 atom stereocenters. The van der Waals surface area contributed by atoms with E-state index in [9.17, 15) is 0 Å². The van der Waals surface area contributed by atoms with Crippen molar-refractivity contribution in [3.05, 3.63) is 47.1 Å². The maximum absolute atomic E-state index is 8.73. The number of para-hydroxylation sites is 1. The van der Waals surface area contributed by atoms with Gasteiger partial charge in [0.05, 0.1) is 17.0 Å². The van der Waals surface area contributed by atoms with Crippen LogP contribution < -0.4 is 10.5 Å². The number of oxime groups is 1. The van der Waals surface area contributed by atoms with Gasteiger partial charge in [0.25, 0.3) is 0 Å². The molecule has 2 rings (SSSR count). The van der Waals surface area contributed by atoms with E-state index in [0.29, 0.717) is 15.6 Å². The van der Waals surface area contributed by atoms with Crippen LogP contribution in [0.15, 0.2) is 51.6 Å². The number of ether oxygens (including phenoxy) is 1. The average Bonchev–Trinajstić information content (AvgIpc) is 2.49. The number of aromatic nitrogens is 1. The van der Waals surface area contributed by atoms with Gasteiger partial charge in [-0.15, -0.1) is 0 Å². The number of rotatable bonds is 4. The quantitative estimate of drug-likeness (QED) is 0.393. The Hall–Kier alpha value is -1.92. The highest BCUT2D eigenvalue weighted by molar-refractivity contribution is 7.99. The summed E-state index contributed by atoms with van der Waals surface area (Å²) in [5, 5.41) is 12.6. The smallest absolute Gasteiger partial charge is 0.171 e. The summed E-state index contributed by atoms with van der Waals surface area (Å²) in [7, 11) is 1.60. The second-order valence-electron chi connectivity index (χ2n) is 3.72. The van der Waals surface area contributed by atoms with Gasteiger partial charge in [0.2, 0.25) is 0 Å². The van der Waals surface area contributed by atoms with Crippen LogP contribution in [0.5, 0.6) is 5.75 Å². The first-order valence-corrected chi connectivity index (χ1v) is 6.80. The van der Waals surface area contributed by atoms with Crippen LogP contribution in [0.4, 0.5) is 0 Å². The van der Waals surface area contributed by atoms with Crippen molar-refractivity contribution in [2.45, 2.75) is 9.92 Å². The van der Waals surface area contributed by atoms with Crippen LogP contribution in [0.2, 0.25) is 5.02 Å². The molecule has 0 saturated carbocycles. The van der Waals surface area contributed by atoms with Crippen molar-refractivity contribution < 1.29 is 9.94 Å². The van der Waals surface area contributed by atoms with E-state index in [1.54, 1.807) is 19.4 Å². The molecule has 0 bridgehead atoms. The Morgan fingerprint density at radius 2 is 2.15 bits per heavy atom. The zero-order valence-electron chi connectivity index (χ0n) is 10.6. The number of pyridine rings is 1. The summed E-state index contributed by atoms with van der Waals surface area (Å²) < 4.78 is 5.28. The van der Waals surface area contributed by atoms with Crippen LogP contribution in [0.1, 0.15) is 5.56 Å². The minimum Gasteiger partial charge on any atom is -0.496 e. The van der Waals surface area contributed by atoms with Crippen molar-refractivity contribution >= 4 is 29.2 Å². The molecule has 0 aliphatic rings. The van der Waals surface area contributed by atoms with E-state index < -0.39 is 0 Å². The number of methoxy groups -OCH3 is 1. The normalized spacial score (nSPS) is 11.4. The first kappa shape index (κ1) is 14.5. The van der Waals surface area contributed by atoms with Crippen molar-refractivity contribution in [1.29, 1.82) is 0 Å². The van der Waals surface area contributed by atoms with Gasteiger partial charge in [-0.05, 0) is 18.2 Å². The summed E-state index contributed by atoms with van der Waals surface area (Å²) in [6.45, 7) is 0. The molecule has 1 aromatic heterocycles. The van der Waals surface area contributed by atoms with E-state index in [4.69, 9.17) is 27.3 Å². The van der Waals surface area contributed by atoms with Gasteiger partial charge in [-0.2, -0.15) is 0 Å². The van der Waals surface area contributed by atoms with Gasteiger partial charge >= 0.3 is 0 Å². The van der Waals surface area contributed by atoms with Crippen LogP contribution in [0.25, 0.3) is 0 Å². The molecular weight excluding hydrogens is 298 g/mol. The van der Waals surface area contributed by atoms with Crippen LogP contribution >= 0.6 is 23.4 Å². The Kier molecular flexibility index (Phi) is 4.70. The molecule has 0 aliphatic heterocycles. The van der Waals surface area contributed by atoms with E-state index >= 15 is 0 Å². The molecule has 0 fully saturated rings. The highest BCUT2D eigenvalue weighted by Crippen LogP contribution is 2.37. The van der Waals surface area contributed by atoms with Gasteiger partial charge < -0.3 is 15.7 Å². The molecule has 5 nitrogen and oxygen atoms in total. The van der Waals surface area contributed by atoms with E-state index in [1.807, 2.05) is 24.3 Å². The van der Waals surface area contributed by atoms with Crippen molar-refractivity contribution in [1.82, 2.24) is 4.98 Å². The molecule has 104 valence electrons. The first-order chi connectivity index (χ1) is 9.67. The van der Waals surface area contributed by atoms with Gasteiger partial charge in [-0.1, -0.05) is 40.7 Å². The standard InChI is InChI=1S/C13H12ClN3O2S/c1-19-9-4-2-3-5-10(9)20-13-11(14)8(6-7-16-13)12(15)17-18/h2-7,18H,1H3,(H2,15,17). The monoisotopic (exact) mass is 309 g/mol. The number of benzene rings is 1. The lowest BCUT2D eigenvalue weighted by Gasteiger charge is -2.09. The third-order valence-corrected chi connectivity index (χ3v) is 4.07. The summed E-state index contributed by atoms with van der Waals surface area (Å²) in [5.74, 6) is 0.670. The Labute approximate surface area is 125 Å². The molecule has 0 amide bonds. The minimum absolute atomic E-state index is 0.0562. The summed E-state index contributed by atoms with van der Waals surface area (Å²) in [4.78, 5) is 5.09. The molecule has 0 radical (unpaired) electrons. The molecule has 2 aromatic rings. The number of hydrogen-bond acceptors (Lipinski definition) is 5. The van der Waals surface area contributed by atoms with E-state index in [1.165, 1.54) is 11.8 Å². The lowest BCUT2D eigenvalue weighted by atomic mass is 10.2. The summed E-state index contributed by atoms with van der Waals surface area (Å²) in [6.07, 6.45) is 1.55. The molecule has 3 N–H and O–H groups in total. The van der Waals surface area contributed by atoms with Gasteiger partial charge in [0.1, 0.15) is 10.8 Å². The predicted octanol–water partition coefficient (Wildman–Crippen LogP) is 2.99. The number of amidine groups is 1. The summed E-state index contributed by atoms with van der Waals surface area (Å²) in [6, 6.07) is 9.11.